The van der Waals surface area contributed by atoms with Crippen LogP contribution in [0.1, 0.15) is 39.5 Å². The molecule has 64 valence electrons. The van der Waals surface area contributed by atoms with Gasteiger partial charge in [-0.3, -0.25) is 0 Å². The zero-order valence-electron chi connectivity index (χ0n) is 7.42. The van der Waals surface area contributed by atoms with Crippen molar-refractivity contribution in [3.8, 4) is 0 Å². The Hall–Kier alpha value is -0.400. The van der Waals surface area contributed by atoms with Gasteiger partial charge in [0.2, 0.25) is 0 Å². The third-order valence-electron chi connectivity index (χ3n) is 2.73. The van der Waals surface area contributed by atoms with Gasteiger partial charge >= 0.3 is 0 Å². The van der Waals surface area contributed by atoms with Crippen LogP contribution in [-0.4, -0.2) is 6.04 Å². The maximum atomic E-state index is 10.2. The van der Waals surface area contributed by atoms with E-state index in [1.54, 1.807) is 0 Å². The minimum atomic E-state index is 0.173. The molecule has 0 amide bonds. The Morgan fingerprint density at radius 2 is 2.27 bits per heavy atom. The van der Waals surface area contributed by atoms with Crippen molar-refractivity contribution < 1.29 is 0 Å². The van der Waals surface area contributed by atoms with Crippen LogP contribution in [0.2, 0.25) is 0 Å². The zero-order valence-corrected chi connectivity index (χ0v) is 7.42. The highest BCUT2D eigenvalue weighted by Crippen LogP contribution is 2.43. The van der Waals surface area contributed by atoms with Crippen molar-refractivity contribution in [2.75, 3.05) is 0 Å². The second-order valence-corrected chi connectivity index (χ2v) is 3.53. The molecule has 2 nitrogen and oxygen atoms in total. The summed E-state index contributed by atoms with van der Waals surface area (Å²) < 4.78 is 0. The molecule has 0 N–H and O–H groups in total. The minimum Gasteiger partial charge on any atom is -0.151 e. The lowest BCUT2D eigenvalue weighted by Gasteiger charge is -2.11. The first-order chi connectivity index (χ1) is 5.33. The first-order valence-electron chi connectivity index (χ1n) is 4.65. The molecular weight excluding hydrogens is 138 g/mol. The third kappa shape index (κ3) is 2.01. The second kappa shape index (κ2) is 3.84. The standard InChI is InChI=1S/C9H17NO/c1-3-5-7(4-2)8-6-9(8)10-11/h7-9H,3-6H2,1-2H3. The van der Waals surface area contributed by atoms with Crippen LogP contribution in [0, 0.1) is 16.7 Å². The molecule has 1 aliphatic carbocycles. The van der Waals surface area contributed by atoms with E-state index >= 15 is 0 Å². The van der Waals surface area contributed by atoms with Crippen LogP contribution in [0.4, 0.5) is 0 Å². The number of hydrogen-bond donors (Lipinski definition) is 0. The van der Waals surface area contributed by atoms with Gasteiger partial charge in [0.15, 0.2) is 0 Å². The van der Waals surface area contributed by atoms with E-state index in [-0.39, 0.29) is 6.04 Å². The summed E-state index contributed by atoms with van der Waals surface area (Å²) in [6.45, 7) is 4.41. The van der Waals surface area contributed by atoms with Gasteiger partial charge in [-0.1, -0.05) is 38.3 Å². The van der Waals surface area contributed by atoms with Gasteiger partial charge in [0.1, 0.15) is 0 Å². The topological polar surface area (TPSA) is 29.4 Å². The molecular formula is C9H17NO. The molecule has 0 aliphatic heterocycles. The van der Waals surface area contributed by atoms with Crippen LogP contribution < -0.4 is 0 Å². The first kappa shape index (κ1) is 8.69. The van der Waals surface area contributed by atoms with Gasteiger partial charge in [-0.25, -0.2) is 0 Å². The monoisotopic (exact) mass is 155 g/mol. The molecule has 11 heavy (non-hydrogen) atoms. The first-order valence-corrected chi connectivity index (χ1v) is 4.65. The molecule has 0 heterocycles. The van der Waals surface area contributed by atoms with Gasteiger partial charge in [-0.05, 0) is 18.3 Å². The molecule has 3 unspecified atom stereocenters. The highest BCUT2D eigenvalue weighted by molar-refractivity contribution is 4.96. The summed E-state index contributed by atoms with van der Waals surface area (Å²) >= 11 is 0. The van der Waals surface area contributed by atoms with E-state index in [9.17, 15) is 4.91 Å². The molecule has 2 heteroatoms. The van der Waals surface area contributed by atoms with Crippen LogP contribution in [0.15, 0.2) is 5.18 Å². The maximum Gasteiger partial charge on any atom is 0.0954 e. The molecule has 0 radical (unpaired) electrons. The van der Waals surface area contributed by atoms with Crippen molar-refractivity contribution >= 4 is 0 Å². The van der Waals surface area contributed by atoms with Crippen molar-refractivity contribution in [1.29, 1.82) is 0 Å². The quantitative estimate of drug-likeness (QED) is 0.561. The molecule has 1 aliphatic rings. The van der Waals surface area contributed by atoms with Crippen LogP contribution in [0.5, 0.6) is 0 Å². The predicted octanol–water partition coefficient (Wildman–Crippen LogP) is 2.97. The van der Waals surface area contributed by atoms with Crippen molar-refractivity contribution in [2.24, 2.45) is 17.0 Å². The zero-order chi connectivity index (χ0) is 8.27. The fraction of sp³-hybridized carbons (Fsp3) is 1.00. The molecule has 1 rings (SSSR count). The van der Waals surface area contributed by atoms with E-state index in [0.717, 1.165) is 12.3 Å². The van der Waals surface area contributed by atoms with E-state index < -0.39 is 0 Å². The van der Waals surface area contributed by atoms with Gasteiger partial charge in [-0.2, -0.15) is 4.91 Å². The van der Waals surface area contributed by atoms with Gasteiger partial charge in [0, 0.05) is 0 Å². The molecule has 3 atom stereocenters. The molecule has 0 aromatic carbocycles. The lowest BCUT2D eigenvalue weighted by atomic mass is 9.95. The lowest BCUT2D eigenvalue weighted by Crippen LogP contribution is -2.03. The smallest absolute Gasteiger partial charge is 0.0954 e. The highest BCUT2D eigenvalue weighted by Gasteiger charge is 2.42. The fourth-order valence-corrected chi connectivity index (χ4v) is 1.92. The Kier molecular flexibility index (Phi) is 3.03. The van der Waals surface area contributed by atoms with E-state index in [0.29, 0.717) is 5.92 Å². The number of hydrogen-bond acceptors (Lipinski definition) is 2. The average Bonchev–Trinajstić information content (AvgIpc) is 2.79. The summed E-state index contributed by atoms with van der Waals surface area (Å²) in [6.07, 6.45) is 4.78. The summed E-state index contributed by atoms with van der Waals surface area (Å²) in [5.41, 5.74) is 0. The number of rotatable bonds is 5. The van der Waals surface area contributed by atoms with Crippen molar-refractivity contribution in [2.45, 2.75) is 45.6 Å². The van der Waals surface area contributed by atoms with Crippen molar-refractivity contribution in [3.05, 3.63) is 4.91 Å². The third-order valence-corrected chi connectivity index (χ3v) is 2.73. The van der Waals surface area contributed by atoms with E-state index in [2.05, 4.69) is 19.0 Å². The molecule has 0 aromatic rings. The molecule has 1 fully saturated rings. The minimum absolute atomic E-state index is 0.173. The van der Waals surface area contributed by atoms with Gasteiger partial charge in [0.05, 0.1) is 6.04 Å². The fourth-order valence-electron chi connectivity index (χ4n) is 1.92. The van der Waals surface area contributed by atoms with Crippen LogP contribution in [0.3, 0.4) is 0 Å². The largest absolute Gasteiger partial charge is 0.151 e. The summed E-state index contributed by atoms with van der Waals surface area (Å²) in [4.78, 5) is 10.2. The molecule has 1 saturated carbocycles. The lowest BCUT2D eigenvalue weighted by molar-refractivity contribution is 0.403. The summed E-state index contributed by atoms with van der Waals surface area (Å²) in [5.74, 6) is 1.40. The van der Waals surface area contributed by atoms with Crippen molar-refractivity contribution in [3.63, 3.8) is 0 Å². The van der Waals surface area contributed by atoms with E-state index in [1.165, 1.54) is 19.3 Å². The average molecular weight is 155 g/mol. The Morgan fingerprint density at radius 1 is 1.55 bits per heavy atom. The molecule has 0 bridgehead atoms. The van der Waals surface area contributed by atoms with Gasteiger partial charge in [0.25, 0.3) is 0 Å². The normalized spacial score (nSPS) is 31.5. The summed E-state index contributed by atoms with van der Waals surface area (Å²) in [5, 5.41) is 3.08. The molecule has 0 aromatic heterocycles. The van der Waals surface area contributed by atoms with Crippen LogP contribution in [-0.2, 0) is 0 Å². The number of nitrogens with zero attached hydrogens (tertiary/aromatic N) is 1. The Morgan fingerprint density at radius 3 is 2.64 bits per heavy atom. The molecule has 0 saturated heterocycles. The summed E-state index contributed by atoms with van der Waals surface area (Å²) in [6, 6.07) is 0.173. The van der Waals surface area contributed by atoms with Gasteiger partial charge in [-0.15, -0.1) is 0 Å². The van der Waals surface area contributed by atoms with Crippen molar-refractivity contribution in [1.82, 2.24) is 0 Å². The van der Waals surface area contributed by atoms with Crippen LogP contribution in [0.25, 0.3) is 0 Å². The van der Waals surface area contributed by atoms with E-state index in [1.807, 2.05) is 0 Å². The van der Waals surface area contributed by atoms with Gasteiger partial charge < -0.3 is 0 Å². The Balaban J connectivity index is 2.27. The Bertz CT molecular complexity index is 136. The predicted molar refractivity (Wildman–Crippen MR) is 46.4 cm³/mol. The molecule has 0 spiro atoms. The van der Waals surface area contributed by atoms with Crippen LogP contribution >= 0.6 is 0 Å². The SMILES string of the molecule is CCCC(CC)C1CC1N=O. The number of nitroso groups, excluding NO2 is 1. The Labute approximate surface area is 68.3 Å². The van der Waals surface area contributed by atoms with E-state index in [4.69, 9.17) is 0 Å². The second-order valence-electron chi connectivity index (χ2n) is 3.53. The maximum absolute atomic E-state index is 10.2. The summed E-state index contributed by atoms with van der Waals surface area (Å²) in [7, 11) is 0. The highest BCUT2D eigenvalue weighted by atomic mass is 16.3.